The highest BCUT2D eigenvalue weighted by atomic mass is 19.4. The molecule has 2 amide bonds. The molecule has 0 spiro atoms. The molecular formula is C19H13F3N2O3. The molecule has 0 radical (unpaired) electrons. The van der Waals surface area contributed by atoms with Gasteiger partial charge in [-0.3, -0.25) is 9.59 Å². The van der Waals surface area contributed by atoms with Crippen LogP contribution in [0, 0.1) is 0 Å². The van der Waals surface area contributed by atoms with Crippen LogP contribution in [0.1, 0.15) is 26.5 Å². The van der Waals surface area contributed by atoms with Crippen molar-refractivity contribution in [2.24, 2.45) is 0 Å². The van der Waals surface area contributed by atoms with E-state index in [0.29, 0.717) is 5.69 Å². The third kappa shape index (κ3) is 4.35. The summed E-state index contributed by atoms with van der Waals surface area (Å²) in [6, 6.07) is 13.6. The van der Waals surface area contributed by atoms with E-state index in [-0.39, 0.29) is 11.4 Å². The largest absolute Gasteiger partial charge is 0.459 e. The number of hydrogen-bond acceptors (Lipinski definition) is 3. The predicted molar refractivity (Wildman–Crippen MR) is 92.5 cm³/mol. The molecule has 0 aliphatic rings. The fourth-order valence-corrected chi connectivity index (χ4v) is 2.36. The molecule has 5 nitrogen and oxygen atoms in total. The maximum Gasteiger partial charge on any atom is 0.417 e. The van der Waals surface area contributed by atoms with Crippen LogP contribution in [-0.2, 0) is 6.18 Å². The van der Waals surface area contributed by atoms with Gasteiger partial charge in [-0.05, 0) is 48.5 Å². The lowest BCUT2D eigenvalue weighted by molar-refractivity contribution is -0.137. The van der Waals surface area contributed by atoms with E-state index in [1.165, 1.54) is 48.7 Å². The summed E-state index contributed by atoms with van der Waals surface area (Å²) in [6.07, 6.45) is -3.26. The first kappa shape index (κ1) is 18.2. The Morgan fingerprint density at radius 1 is 0.778 bits per heavy atom. The maximum absolute atomic E-state index is 13.0. The highest BCUT2D eigenvalue weighted by Crippen LogP contribution is 2.32. The number of anilines is 2. The van der Waals surface area contributed by atoms with Crippen LogP contribution in [0.4, 0.5) is 24.5 Å². The number of benzene rings is 2. The number of rotatable bonds is 4. The predicted octanol–water partition coefficient (Wildman–Crippen LogP) is 4.80. The van der Waals surface area contributed by atoms with Gasteiger partial charge in [-0.15, -0.1) is 0 Å². The van der Waals surface area contributed by atoms with Crippen LogP contribution in [-0.4, -0.2) is 11.8 Å². The van der Waals surface area contributed by atoms with Gasteiger partial charge in [0.1, 0.15) is 0 Å². The van der Waals surface area contributed by atoms with Crippen molar-refractivity contribution < 1.29 is 27.2 Å². The molecule has 0 fully saturated rings. The second-order valence-electron chi connectivity index (χ2n) is 5.51. The minimum absolute atomic E-state index is 0.135. The molecule has 27 heavy (non-hydrogen) atoms. The number of carbonyl (C=O) groups excluding carboxylic acids is 2. The lowest BCUT2D eigenvalue weighted by Gasteiger charge is -2.13. The zero-order valence-corrected chi connectivity index (χ0v) is 13.7. The Bertz CT molecular complexity index is 949. The second-order valence-corrected chi connectivity index (χ2v) is 5.51. The van der Waals surface area contributed by atoms with Gasteiger partial charge in [0.05, 0.1) is 17.4 Å². The van der Waals surface area contributed by atoms with E-state index in [9.17, 15) is 22.8 Å². The Hall–Kier alpha value is -3.55. The number of hydrogen-bond donors (Lipinski definition) is 2. The molecule has 1 aromatic heterocycles. The topological polar surface area (TPSA) is 71.3 Å². The molecule has 8 heteroatoms. The zero-order valence-electron chi connectivity index (χ0n) is 13.7. The van der Waals surface area contributed by atoms with Crippen molar-refractivity contribution in [3.63, 3.8) is 0 Å². The second kappa shape index (κ2) is 7.36. The summed E-state index contributed by atoms with van der Waals surface area (Å²) in [6.45, 7) is 0. The third-order valence-corrected chi connectivity index (χ3v) is 3.62. The molecule has 0 aliphatic carbocycles. The normalized spacial score (nSPS) is 11.1. The Morgan fingerprint density at radius 2 is 1.37 bits per heavy atom. The van der Waals surface area contributed by atoms with Crippen molar-refractivity contribution in [1.82, 2.24) is 0 Å². The van der Waals surface area contributed by atoms with E-state index in [0.717, 1.165) is 12.1 Å². The van der Waals surface area contributed by atoms with Gasteiger partial charge in [0.25, 0.3) is 11.8 Å². The fourth-order valence-electron chi connectivity index (χ4n) is 2.36. The molecule has 0 aliphatic heterocycles. The zero-order chi connectivity index (χ0) is 19.4. The van der Waals surface area contributed by atoms with Crippen molar-refractivity contribution in [1.29, 1.82) is 0 Å². The van der Waals surface area contributed by atoms with Gasteiger partial charge in [-0.25, -0.2) is 0 Å². The van der Waals surface area contributed by atoms with Gasteiger partial charge in [-0.1, -0.05) is 12.1 Å². The molecule has 3 rings (SSSR count). The molecule has 2 aromatic carbocycles. The van der Waals surface area contributed by atoms with E-state index in [1.54, 1.807) is 6.07 Å². The van der Waals surface area contributed by atoms with E-state index in [2.05, 4.69) is 10.6 Å². The Balaban J connectivity index is 1.70. The first-order valence-electron chi connectivity index (χ1n) is 7.77. The van der Waals surface area contributed by atoms with Gasteiger partial charge in [-0.2, -0.15) is 13.2 Å². The number of carbonyl (C=O) groups is 2. The van der Waals surface area contributed by atoms with Crippen LogP contribution in [0.25, 0.3) is 0 Å². The average Bonchev–Trinajstić information content (AvgIpc) is 3.17. The summed E-state index contributed by atoms with van der Waals surface area (Å²) in [4.78, 5) is 24.1. The molecule has 0 saturated heterocycles. The van der Waals surface area contributed by atoms with Crippen molar-refractivity contribution in [2.75, 3.05) is 10.6 Å². The highest BCUT2D eigenvalue weighted by molar-refractivity contribution is 6.06. The van der Waals surface area contributed by atoms with E-state index < -0.39 is 29.1 Å². The standard InChI is InChI=1S/C19H13F3N2O3/c20-19(21,22)15-5-2-1-4-14(15)17(25)23-12-7-9-13(10-8-12)24-18(26)16-6-3-11-27-16/h1-11H,(H,23,25)(H,24,26). The first-order valence-corrected chi connectivity index (χ1v) is 7.77. The quantitative estimate of drug-likeness (QED) is 0.689. The van der Waals surface area contributed by atoms with Gasteiger partial charge < -0.3 is 15.1 Å². The van der Waals surface area contributed by atoms with Crippen LogP contribution in [0.15, 0.2) is 71.3 Å². The van der Waals surface area contributed by atoms with Gasteiger partial charge in [0.15, 0.2) is 5.76 Å². The van der Waals surface area contributed by atoms with Crippen molar-refractivity contribution >= 4 is 23.2 Å². The molecule has 0 bridgehead atoms. The molecular weight excluding hydrogens is 361 g/mol. The van der Waals surface area contributed by atoms with Crippen molar-refractivity contribution in [2.45, 2.75) is 6.18 Å². The first-order chi connectivity index (χ1) is 12.8. The monoisotopic (exact) mass is 374 g/mol. The van der Waals surface area contributed by atoms with Gasteiger partial charge in [0.2, 0.25) is 0 Å². The minimum atomic E-state index is -4.63. The SMILES string of the molecule is O=C(Nc1ccc(NC(=O)c2ccccc2C(F)(F)F)cc1)c1ccco1. The Morgan fingerprint density at radius 3 is 1.93 bits per heavy atom. The summed E-state index contributed by atoms with van der Waals surface area (Å²) < 4.78 is 44.0. The lowest BCUT2D eigenvalue weighted by Crippen LogP contribution is -2.18. The molecule has 138 valence electrons. The van der Waals surface area contributed by atoms with E-state index in [1.807, 2.05) is 0 Å². The highest BCUT2D eigenvalue weighted by Gasteiger charge is 2.34. The third-order valence-electron chi connectivity index (χ3n) is 3.62. The molecule has 1 heterocycles. The number of furan rings is 1. The number of nitrogens with one attached hydrogen (secondary N) is 2. The van der Waals surface area contributed by atoms with Gasteiger partial charge in [0, 0.05) is 11.4 Å². The van der Waals surface area contributed by atoms with Crippen molar-refractivity contribution in [3.8, 4) is 0 Å². The number of amides is 2. The Kier molecular flexibility index (Phi) is 4.98. The van der Waals surface area contributed by atoms with Crippen LogP contribution in [0.3, 0.4) is 0 Å². The smallest absolute Gasteiger partial charge is 0.417 e. The fraction of sp³-hybridized carbons (Fsp3) is 0.0526. The lowest BCUT2D eigenvalue weighted by atomic mass is 10.1. The molecule has 0 saturated carbocycles. The maximum atomic E-state index is 13.0. The van der Waals surface area contributed by atoms with Gasteiger partial charge >= 0.3 is 6.18 Å². The summed E-state index contributed by atoms with van der Waals surface area (Å²) in [7, 11) is 0. The van der Waals surface area contributed by atoms with Crippen LogP contribution >= 0.6 is 0 Å². The Labute approximate surface area is 151 Å². The van der Waals surface area contributed by atoms with Crippen molar-refractivity contribution in [3.05, 3.63) is 83.8 Å². The minimum Gasteiger partial charge on any atom is -0.459 e. The summed E-state index contributed by atoms with van der Waals surface area (Å²) in [5.41, 5.74) is -0.761. The number of alkyl halides is 3. The van der Waals surface area contributed by atoms with Crippen LogP contribution in [0.5, 0.6) is 0 Å². The van der Waals surface area contributed by atoms with Crippen LogP contribution < -0.4 is 10.6 Å². The molecule has 0 atom stereocenters. The summed E-state index contributed by atoms with van der Waals surface area (Å²) in [5, 5.41) is 5.00. The molecule has 2 N–H and O–H groups in total. The summed E-state index contributed by atoms with van der Waals surface area (Å²) in [5.74, 6) is -1.19. The van der Waals surface area contributed by atoms with E-state index >= 15 is 0 Å². The molecule has 3 aromatic rings. The summed E-state index contributed by atoms with van der Waals surface area (Å²) >= 11 is 0. The molecule has 0 unspecified atom stereocenters. The van der Waals surface area contributed by atoms with E-state index in [4.69, 9.17) is 4.42 Å². The average molecular weight is 374 g/mol. The number of halogens is 3. The van der Waals surface area contributed by atoms with Crippen LogP contribution in [0.2, 0.25) is 0 Å².